The molecule has 0 spiro atoms. The van der Waals surface area contributed by atoms with Crippen LogP contribution < -0.4 is 0 Å². The molecule has 0 atom stereocenters. The van der Waals surface area contributed by atoms with Crippen molar-refractivity contribution in [3.8, 4) is 0 Å². The van der Waals surface area contributed by atoms with Crippen molar-refractivity contribution in [1.29, 1.82) is 0 Å². The Kier molecular flexibility index (Phi) is 3.56. The molecule has 1 aromatic rings. The van der Waals surface area contributed by atoms with Gasteiger partial charge in [0.15, 0.2) is 0 Å². The maximum Gasteiger partial charge on any atom is 0.337 e. The minimum atomic E-state index is -1.04. The lowest BCUT2D eigenvalue weighted by atomic mass is 10.2. The molecule has 5 heteroatoms. The van der Waals surface area contributed by atoms with Crippen LogP contribution in [0.1, 0.15) is 22.5 Å². The molecule has 0 saturated heterocycles. The van der Waals surface area contributed by atoms with E-state index in [1.165, 1.54) is 30.5 Å². The predicted octanol–water partition coefficient (Wildman–Crippen LogP) is 1.27. The summed E-state index contributed by atoms with van der Waals surface area (Å²) in [5, 5.41) is 16.9. The van der Waals surface area contributed by atoms with Crippen LogP contribution in [0.15, 0.2) is 24.4 Å². The molecular formula is C10H9NO4. The number of rotatable bonds is 4. The fourth-order valence-corrected chi connectivity index (χ4v) is 0.911. The molecule has 0 aliphatic heterocycles. The highest BCUT2D eigenvalue weighted by Gasteiger charge is 2.01. The highest BCUT2D eigenvalue weighted by atomic mass is 16.4. The van der Waals surface area contributed by atoms with Gasteiger partial charge in [-0.1, -0.05) is 6.08 Å². The van der Waals surface area contributed by atoms with Crippen LogP contribution in [0, 0.1) is 0 Å². The SMILES string of the molecule is O=C(O)CC=Cc1ccc(C(=O)O)cn1. The van der Waals surface area contributed by atoms with E-state index in [1.807, 2.05) is 0 Å². The van der Waals surface area contributed by atoms with E-state index in [0.717, 1.165) is 0 Å². The zero-order chi connectivity index (χ0) is 11.3. The fourth-order valence-electron chi connectivity index (χ4n) is 0.911. The van der Waals surface area contributed by atoms with Gasteiger partial charge in [0, 0.05) is 6.20 Å². The van der Waals surface area contributed by atoms with Gasteiger partial charge in [0.2, 0.25) is 0 Å². The van der Waals surface area contributed by atoms with Gasteiger partial charge in [-0.3, -0.25) is 9.78 Å². The van der Waals surface area contributed by atoms with Gasteiger partial charge in [-0.25, -0.2) is 4.79 Å². The Morgan fingerprint density at radius 2 is 2.07 bits per heavy atom. The number of hydrogen-bond acceptors (Lipinski definition) is 3. The van der Waals surface area contributed by atoms with E-state index < -0.39 is 11.9 Å². The summed E-state index contributed by atoms with van der Waals surface area (Å²) in [6.07, 6.45) is 4.12. The number of aliphatic carboxylic acids is 1. The molecule has 2 N–H and O–H groups in total. The standard InChI is InChI=1S/C10H9NO4/c12-9(13)3-1-2-8-5-4-7(6-11-8)10(14)15/h1-2,4-6H,3H2,(H,12,13)(H,14,15). The van der Waals surface area contributed by atoms with Crippen LogP contribution in [0.3, 0.4) is 0 Å². The molecule has 5 nitrogen and oxygen atoms in total. The maximum atomic E-state index is 10.5. The second kappa shape index (κ2) is 4.90. The van der Waals surface area contributed by atoms with E-state index in [-0.39, 0.29) is 12.0 Å². The average Bonchev–Trinajstić information content (AvgIpc) is 2.18. The first kappa shape index (κ1) is 10.9. The van der Waals surface area contributed by atoms with Crippen molar-refractivity contribution < 1.29 is 19.8 Å². The molecular weight excluding hydrogens is 198 g/mol. The monoisotopic (exact) mass is 207 g/mol. The van der Waals surface area contributed by atoms with Gasteiger partial charge in [0.25, 0.3) is 0 Å². The van der Waals surface area contributed by atoms with Crippen molar-refractivity contribution in [2.45, 2.75) is 6.42 Å². The third-order valence-electron chi connectivity index (χ3n) is 1.61. The number of nitrogens with zero attached hydrogens (tertiary/aromatic N) is 1. The summed E-state index contributed by atoms with van der Waals surface area (Å²) in [5.41, 5.74) is 0.631. The molecule has 1 heterocycles. The van der Waals surface area contributed by atoms with Gasteiger partial charge in [-0.2, -0.15) is 0 Å². The van der Waals surface area contributed by atoms with Crippen LogP contribution in [-0.4, -0.2) is 27.1 Å². The summed E-state index contributed by atoms with van der Waals surface area (Å²) in [4.78, 5) is 24.5. The molecule has 0 amide bonds. The first-order valence-electron chi connectivity index (χ1n) is 4.17. The normalized spacial score (nSPS) is 10.4. The highest BCUT2D eigenvalue weighted by Crippen LogP contribution is 2.02. The minimum absolute atomic E-state index is 0.0810. The minimum Gasteiger partial charge on any atom is -0.481 e. The van der Waals surface area contributed by atoms with Gasteiger partial charge in [0.1, 0.15) is 0 Å². The summed E-state index contributed by atoms with van der Waals surface area (Å²) in [5.74, 6) is -1.96. The van der Waals surface area contributed by atoms with Gasteiger partial charge in [0.05, 0.1) is 17.7 Å². The zero-order valence-electron chi connectivity index (χ0n) is 7.75. The third kappa shape index (κ3) is 3.60. The first-order chi connectivity index (χ1) is 7.09. The molecule has 0 aliphatic rings. The molecule has 0 unspecified atom stereocenters. The lowest BCUT2D eigenvalue weighted by Gasteiger charge is -1.94. The molecule has 0 saturated carbocycles. The highest BCUT2D eigenvalue weighted by molar-refractivity contribution is 5.87. The van der Waals surface area contributed by atoms with Crippen molar-refractivity contribution in [3.63, 3.8) is 0 Å². The number of carboxylic acid groups (broad SMARTS) is 2. The lowest BCUT2D eigenvalue weighted by molar-refractivity contribution is -0.135. The van der Waals surface area contributed by atoms with E-state index in [1.54, 1.807) is 0 Å². The topological polar surface area (TPSA) is 87.5 Å². The second-order valence-electron chi connectivity index (χ2n) is 2.78. The molecule has 0 bridgehead atoms. The van der Waals surface area contributed by atoms with Crippen LogP contribution in [0.5, 0.6) is 0 Å². The Labute approximate surface area is 85.7 Å². The summed E-state index contributed by atoms with van der Waals surface area (Å²) < 4.78 is 0. The van der Waals surface area contributed by atoms with Crippen LogP contribution in [0.4, 0.5) is 0 Å². The van der Waals surface area contributed by atoms with E-state index in [4.69, 9.17) is 10.2 Å². The largest absolute Gasteiger partial charge is 0.481 e. The van der Waals surface area contributed by atoms with E-state index in [0.29, 0.717) is 5.69 Å². The zero-order valence-corrected chi connectivity index (χ0v) is 7.75. The van der Waals surface area contributed by atoms with E-state index >= 15 is 0 Å². The molecule has 0 aliphatic carbocycles. The van der Waals surface area contributed by atoms with Crippen molar-refractivity contribution >= 4 is 18.0 Å². The van der Waals surface area contributed by atoms with Crippen LogP contribution in [0.2, 0.25) is 0 Å². The summed E-state index contributed by atoms with van der Waals surface area (Å²) in [7, 11) is 0. The Hall–Kier alpha value is -2.17. The second-order valence-corrected chi connectivity index (χ2v) is 2.78. The third-order valence-corrected chi connectivity index (χ3v) is 1.61. The summed E-state index contributed by atoms with van der Waals surface area (Å²) in [6.45, 7) is 0. The predicted molar refractivity (Wildman–Crippen MR) is 52.5 cm³/mol. The van der Waals surface area contributed by atoms with Crippen molar-refractivity contribution in [3.05, 3.63) is 35.7 Å². The van der Waals surface area contributed by atoms with Crippen LogP contribution >= 0.6 is 0 Å². The molecule has 0 aromatic carbocycles. The summed E-state index contributed by atoms with van der Waals surface area (Å²) >= 11 is 0. The number of hydrogen-bond donors (Lipinski definition) is 2. The Morgan fingerprint density at radius 3 is 2.53 bits per heavy atom. The average molecular weight is 207 g/mol. The van der Waals surface area contributed by atoms with Gasteiger partial charge >= 0.3 is 11.9 Å². The van der Waals surface area contributed by atoms with Crippen LogP contribution in [-0.2, 0) is 4.79 Å². The molecule has 1 aromatic heterocycles. The summed E-state index contributed by atoms with van der Waals surface area (Å²) in [6, 6.07) is 2.93. The van der Waals surface area contributed by atoms with E-state index in [9.17, 15) is 9.59 Å². The van der Waals surface area contributed by atoms with Gasteiger partial charge in [-0.05, 0) is 18.2 Å². The Balaban J connectivity index is 2.68. The van der Waals surface area contributed by atoms with E-state index in [2.05, 4.69) is 4.98 Å². The molecule has 78 valence electrons. The molecule has 1 rings (SSSR count). The quantitative estimate of drug-likeness (QED) is 0.776. The number of aromatic nitrogens is 1. The maximum absolute atomic E-state index is 10.5. The molecule has 15 heavy (non-hydrogen) atoms. The molecule has 0 radical (unpaired) electrons. The van der Waals surface area contributed by atoms with Crippen molar-refractivity contribution in [1.82, 2.24) is 4.98 Å². The fraction of sp³-hybridized carbons (Fsp3) is 0.100. The number of carbonyl (C=O) groups is 2. The smallest absolute Gasteiger partial charge is 0.337 e. The number of pyridine rings is 1. The van der Waals surface area contributed by atoms with Gasteiger partial charge in [-0.15, -0.1) is 0 Å². The number of aromatic carboxylic acids is 1. The Bertz CT molecular complexity index is 394. The first-order valence-corrected chi connectivity index (χ1v) is 4.17. The van der Waals surface area contributed by atoms with Crippen molar-refractivity contribution in [2.24, 2.45) is 0 Å². The Morgan fingerprint density at radius 1 is 1.33 bits per heavy atom. The lowest BCUT2D eigenvalue weighted by Crippen LogP contribution is -1.97. The van der Waals surface area contributed by atoms with Crippen LogP contribution in [0.25, 0.3) is 6.08 Å². The van der Waals surface area contributed by atoms with Crippen molar-refractivity contribution in [2.75, 3.05) is 0 Å². The molecule has 0 fully saturated rings. The van der Waals surface area contributed by atoms with Gasteiger partial charge < -0.3 is 10.2 Å². The number of carboxylic acids is 2.